The van der Waals surface area contributed by atoms with Crippen LogP contribution in [0, 0.1) is 19.8 Å². The maximum atomic E-state index is 13.5. The van der Waals surface area contributed by atoms with Crippen molar-refractivity contribution in [2.75, 3.05) is 18.2 Å². The maximum absolute atomic E-state index is 13.5. The van der Waals surface area contributed by atoms with Crippen molar-refractivity contribution in [2.45, 2.75) is 45.4 Å². The second kappa shape index (κ2) is 12.4. The van der Waals surface area contributed by atoms with Crippen molar-refractivity contribution in [3.63, 3.8) is 0 Å². The first-order valence-corrected chi connectivity index (χ1v) is 12.5. The molecule has 0 aliphatic rings. The minimum Gasteiger partial charge on any atom is -0.497 e. The predicted molar refractivity (Wildman–Crippen MR) is 139 cm³/mol. The van der Waals surface area contributed by atoms with Gasteiger partial charge in [-0.25, -0.2) is 9.97 Å². The fourth-order valence-corrected chi connectivity index (χ4v) is 4.62. The maximum Gasteiger partial charge on any atom is 0.247 e. The van der Waals surface area contributed by atoms with Crippen molar-refractivity contribution in [3.8, 4) is 5.75 Å². The molecule has 0 aliphatic heterocycles. The Labute approximate surface area is 211 Å². The summed E-state index contributed by atoms with van der Waals surface area (Å²) in [5.41, 5.74) is 3.31. The third kappa shape index (κ3) is 7.55. The lowest BCUT2D eigenvalue weighted by Gasteiger charge is -2.33. The highest BCUT2D eigenvalue weighted by Gasteiger charge is 2.32. The molecule has 7 nitrogen and oxygen atoms in total. The molecule has 0 bridgehead atoms. The highest BCUT2D eigenvalue weighted by Crippen LogP contribution is 2.22. The number of methoxy groups -OCH3 is 1. The number of hydrogen-bond donors (Lipinski definition) is 1. The molecule has 0 aliphatic carbocycles. The summed E-state index contributed by atoms with van der Waals surface area (Å²) in [6, 6.07) is 18.1. The van der Waals surface area contributed by atoms with Crippen LogP contribution >= 0.6 is 11.8 Å². The summed E-state index contributed by atoms with van der Waals surface area (Å²) in [5.74, 6) is 0.347. The molecule has 2 amide bonds. The van der Waals surface area contributed by atoms with Crippen molar-refractivity contribution in [2.24, 2.45) is 5.92 Å². The molecular formula is C27H32N4O3S. The second-order valence-electron chi connectivity index (χ2n) is 8.64. The predicted octanol–water partition coefficient (Wildman–Crippen LogP) is 4.89. The lowest BCUT2D eigenvalue weighted by molar-refractivity contribution is -0.138. The summed E-state index contributed by atoms with van der Waals surface area (Å²) < 4.78 is 5.20. The van der Waals surface area contributed by atoms with Gasteiger partial charge in [-0.2, -0.15) is 0 Å². The Balaban J connectivity index is 1.83. The number of nitrogens with zero attached hydrogens (tertiary/aromatic N) is 3. The Morgan fingerprint density at radius 1 is 1.00 bits per heavy atom. The highest BCUT2D eigenvalue weighted by atomic mass is 32.2. The zero-order valence-electron chi connectivity index (χ0n) is 20.8. The number of carbonyl (C=O) groups is 2. The molecule has 1 aromatic heterocycles. The van der Waals surface area contributed by atoms with Gasteiger partial charge in [-0.15, -0.1) is 0 Å². The molecule has 2 aromatic carbocycles. The summed E-state index contributed by atoms with van der Waals surface area (Å²) in [4.78, 5) is 37.5. The number of thioether (sulfide) groups is 1. The van der Waals surface area contributed by atoms with E-state index < -0.39 is 6.04 Å². The largest absolute Gasteiger partial charge is 0.497 e. The molecule has 35 heavy (non-hydrogen) atoms. The van der Waals surface area contributed by atoms with E-state index in [1.165, 1.54) is 11.8 Å². The molecule has 0 saturated carbocycles. The summed E-state index contributed by atoms with van der Waals surface area (Å²) >= 11 is 1.29. The minimum atomic E-state index is -0.662. The van der Waals surface area contributed by atoms with Crippen LogP contribution in [0.1, 0.15) is 30.8 Å². The number of anilines is 1. The van der Waals surface area contributed by atoms with Crippen molar-refractivity contribution >= 4 is 29.3 Å². The molecule has 1 atom stereocenters. The Morgan fingerprint density at radius 3 is 2.20 bits per heavy atom. The van der Waals surface area contributed by atoms with Gasteiger partial charge in [0, 0.05) is 23.6 Å². The molecule has 3 rings (SSSR count). The Kier molecular flexibility index (Phi) is 9.25. The summed E-state index contributed by atoms with van der Waals surface area (Å²) in [6.07, 6.45) is 0. The van der Waals surface area contributed by atoms with Gasteiger partial charge < -0.3 is 15.0 Å². The number of aryl methyl sites for hydroxylation is 2. The molecule has 8 heteroatoms. The Bertz CT molecular complexity index is 1120. The van der Waals surface area contributed by atoms with Gasteiger partial charge in [0.2, 0.25) is 11.8 Å². The van der Waals surface area contributed by atoms with Crippen LogP contribution in [0.4, 0.5) is 5.69 Å². The zero-order chi connectivity index (χ0) is 25.4. The number of rotatable bonds is 10. The van der Waals surface area contributed by atoms with Crippen molar-refractivity contribution < 1.29 is 14.3 Å². The molecule has 1 unspecified atom stereocenters. The lowest BCUT2D eigenvalue weighted by Crippen LogP contribution is -2.50. The monoisotopic (exact) mass is 492 g/mol. The summed E-state index contributed by atoms with van der Waals surface area (Å²) in [5, 5.41) is 3.52. The Morgan fingerprint density at radius 2 is 1.63 bits per heavy atom. The third-order valence-electron chi connectivity index (χ3n) is 5.40. The van der Waals surface area contributed by atoms with Crippen LogP contribution in [-0.4, -0.2) is 45.6 Å². The first-order valence-electron chi connectivity index (χ1n) is 11.5. The fraction of sp³-hybridized carbons (Fsp3) is 0.333. The molecule has 0 saturated heterocycles. The van der Waals surface area contributed by atoms with E-state index in [-0.39, 0.29) is 23.5 Å². The zero-order valence-corrected chi connectivity index (χ0v) is 21.6. The van der Waals surface area contributed by atoms with E-state index in [1.54, 1.807) is 36.3 Å². The van der Waals surface area contributed by atoms with Crippen molar-refractivity contribution in [1.82, 2.24) is 14.9 Å². The number of carbonyl (C=O) groups excluding carboxylic acids is 2. The second-order valence-corrected chi connectivity index (χ2v) is 9.58. The van der Waals surface area contributed by atoms with Gasteiger partial charge in [0.25, 0.3) is 0 Å². The van der Waals surface area contributed by atoms with Gasteiger partial charge in [0.15, 0.2) is 5.16 Å². The minimum absolute atomic E-state index is 0.108. The molecule has 0 spiro atoms. The van der Waals surface area contributed by atoms with Crippen LogP contribution in [0.3, 0.4) is 0 Å². The van der Waals surface area contributed by atoms with Crippen LogP contribution in [0.5, 0.6) is 5.75 Å². The summed E-state index contributed by atoms with van der Waals surface area (Å²) in [7, 11) is 1.59. The quantitative estimate of drug-likeness (QED) is 0.321. The topological polar surface area (TPSA) is 84.4 Å². The summed E-state index contributed by atoms with van der Waals surface area (Å²) in [6.45, 7) is 8.03. The average Bonchev–Trinajstić information content (AvgIpc) is 2.82. The van der Waals surface area contributed by atoms with E-state index in [1.807, 2.05) is 64.1 Å². The fourth-order valence-electron chi connectivity index (χ4n) is 3.78. The number of benzene rings is 2. The van der Waals surface area contributed by atoms with Gasteiger partial charge >= 0.3 is 0 Å². The van der Waals surface area contributed by atoms with Gasteiger partial charge in [-0.1, -0.05) is 55.9 Å². The van der Waals surface area contributed by atoms with Crippen LogP contribution in [0.2, 0.25) is 0 Å². The van der Waals surface area contributed by atoms with Crippen LogP contribution in [0.25, 0.3) is 0 Å². The molecule has 0 radical (unpaired) electrons. The highest BCUT2D eigenvalue weighted by molar-refractivity contribution is 7.99. The van der Waals surface area contributed by atoms with Crippen molar-refractivity contribution in [3.05, 3.63) is 77.6 Å². The molecule has 1 N–H and O–H groups in total. The third-order valence-corrected chi connectivity index (χ3v) is 6.23. The molecule has 0 fully saturated rings. The van der Waals surface area contributed by atoms with E-state index in [9.17, 15) is 9.59 Å². The number of aromatic nitrogens is 2. The van der Waals surface area contributed by atoms with E-state index in [4.69, 9.17) is 4.74 Å². The van der Waals surface area contributed by atoms with Gasteiger partial charge in [-0.05, 0) is 55.7 Å². The number of nitrogens with one attached hydrogen (secondary N) is 1. The molecule has 184 valence electrons. The molecule has 1 heterocycles. The van der Waals surface area contributed by atoms with Gasteiger partial charge in [0.05, 0.1) is 12.9 Å². The first kappa shape index (κ1) is 26.2. The smallest absolute Gasteiger partial charge is 0.247 e. The lowest BCUT2D eigenvalue weighted by atomic mass is 10.00. The number of ether oxygens (including phenoxy) is 1. The average molecular weight is 493 g/mol. The van der Waals surface area contributed by atoms with E-state index in [2.05, 4.69) is 15.3 Å². The SMILES string of the molecule is COc1ccc(NC(=O)C(C(C)C)N(Cc2ccccc2)C(=O)CSc2nc(C)cc(C)n2)cc1. The standard InChI is InChI=1S/C27H32N4O3S/c1-18(2)25(26(33)30-22-11-13-23(34-5)14-12-22)31(16-21-9-7-6-8-10-21)24(32)17-35-27-28-19(3)15-20(4)29-27/h6-15,18,25H,16-17H2,1-5H3,(H,30,33). The molecule has 3 aromatic rings. The Hall–Kier alpha value is -3.39. The van der Waals surface area contributed by atoms with Crippen molar-refractivity contribution in [1.29, 1.82) is 0 Å². The van der Waals surface area contributed by atoms with E-state index in [0.29, 0.717) is 23.1 Å². The molecular weight excluding hydrogens is 460 g/mol. The number of hydrogen-bond acceptors (Lipinski definition) is 6. The van der Waals surface area contributed by atoms with Crippen LogP contribution in [-0.2, 0) is 16.1 Å². The normalized spacial score (nSPS) is 11.7. The van der Waals surface area contributed by atoms with Crippen LogP contribution < -0.4 is 10.1 Å². The van der Waals surface area contributed by atoms with E-state index >= 15 is 0 Å². The van der Waals surface area contributed by atoms with Gasteiger partial charge in [0.1, 0.15) is 11.8 Å². The first-order chi connectivity index (χ1) is 16.8. The van der Waals surface area contributed by atoms with Crippen LogP contribution in [0.15, 0.2) is 65.8 Å². The van der Waals surface area contributed by atoms with E-state index in [0.717, 1.165) is 17.0 Å². The van der Waals surface area contributed by atoms with Gasteiger partial charge in [-0.3, -0.25) is 9.59 Å². The number of amides is 2.